The first-order chi connectivity index (χ1) is 21.1. The molecule has 0 saturated heterocycles. The van der Waals surface area contributed by atoms with Crippen molar-refractivity contribution in [1.29, 1.82) is 0 Å². The van der Waals surface area contributed by atoms with Crippen LogP contribution < -0.4 is 21.3 Å². The fourth-order valence-electron chi connectivity index (χ4n) is 4.32. The molecule has 240 valence electrons. The van der Waals surface area contributed by atoms with Gasteiger partial charge < -0.3 is 36.6 Å². The maximum absolute atomic E-state index is 12.3. The average Bonchev–Trinajstić information content (AvgIpc) is 3.47. The molecule has 7 N–H and O–H groups in total. The summed E-state index contributed by atoms with van der Waals surface area (Å²) in [6.45, 7) is 2.61. The zero-order chi connectivity index (χ0) is 32.1. The van der Waals surface area contributed by atoms with Gasteiger partial charge in [-0.15, -0.1) is 11.8 Å². The number of anilines is 1. The highest BCUT2D eigenvalue weighted by Crippen LogP contribution is 2.35. The largest absolute Gasteiger partial charge is 0.494 e. The molecule has 13 nitrogen and oxygen atoms in total. The van der Waals surface area contributed by atoms with Crippen LogP contribution >= 0.6 is 11.8 Å². The highest BCUT2D eigenvalue weighted by atomic mass is 32.2. The summed E-state index contributed by atoms with van der Waals surface area (Å²) in [4.78, 5) is 48.7. The van der Waals surface area contributed by atoms with E-state index in [1.165, 1.54) is 28.0 Å². The number of thioether (sulfide) groups is 1. The Morgan fingerprint density at radius 3 is 2.18 bits per heavy atom. The van der Waals surface area contributed by atoms with E-state index in [1.807, 2.05) is 7.05 Å². The number of aromatic hydroxyl groups is 2. The number of carbonyl (C=O) groups is 4. The Morgan fingerprint density at radius 1 is 0.955 bits per heavy atom. The summed E-state index contributed by atoms with van der Waals surface area (Å²) in [6, 6.07) is 10.2. The number of aromatic nitrogens is 1. The van der Waals surface area contributed by atoms with E-state index in [9.17, 15) is 34.5 Å². The fourth-order valence-corrected chi connectivity index (χ4v) is 5.26. The van der Waals surface area contributed by atoms with E-state index >= 15 is 0 Å². The van der Waals surface area contributed by atoms with Gasteiger partial charge in [0.15, 0.2) is 5.88 Å². The van der Waals surface area contributed by atoms with Gasteiger partial charge in [-0.3, -0.25) is 28.6 Å². The first-order valence-corrected chi connectivity index (χ1v) is 15.5. The molecule has 0 saturated carbocycles. The molecule has 44 heavy (non-hydrogen) atoms. The highest BCUT2D eigenvalue weighted by molar-refractivity contribution is 7.99. The molecule has 1 aromatic heterocycles. The Balaban J connectivity index is 1.29. The van der Waals surface area contributed by atoms with Crippen LogP contribution in [0.25, 0.3) is 0 Å². The third-order valence-corrected chi connectivity index (χ3v) is 8.11. The zero-order valence-electron chi connectivity index (χ0n) is 25.0. The quantitative estimate of drug-likeness (QED) is 0.0670. The summed E-state index contributed by atoms with van der Waals surface area (Å²) < 4.78 is 1.25. The number of nitrogens with one attached hydrogen (secondary N) is 4. The average molecular weight is 631 g/mol. The maximum Gasteiger partial charge on any atom is 0.253 e. The fraction of sp³-hybridized carbons (Fsp3) is 0.467. The van der Waals surface area contributed by atoms with Gasteiger partial charge in [0, 0.05) is 75.5 Å². The molecule has 14 heteroatoms. The lowest BCUT2D eigenvalue weighted by molar-refractivity contribution is -0.137. The molecule has 2 unspecified atom stereocenters. The van der Waals surface area contributed by atoms with Crippen LogP contribution in [0.3, 0.4) is 0 Å². The summed E-state index contributed by atoms with van der Waals surface area (Å²) in [7, 11) is 1.95. The molecule has 3 rings (SSSR count). The number of amides is 4. The summed E-state index contributed by atoms with van der Waals surface area (Å²) >= 11 is 1.41. The Hall–Kier alpha value is -4.01. The molecular weight excluding hydrogens is 588 g/mol. The van der Waals surface area contributed by atoms with Crippen LogP contribution in [0.15, 0.2) is 47.4 Å². The SMILES string of the molecule is CNC(C)Cc1ccc(NCCCSc2cc(O)n(CCC(=O)NCC(O)CNC(=O)CCN3C(=O)C=CC3=O)c2O)cc1. The Morgan fingerprint density at radius 2 is 1.57 bits per heavy atom. The number of rotatable bonds is 19. The van der Waals surface area contributed by atoms with E-state index in [4.69, 9.17) is 0 Å². The summed E-state index contributed by atoms with van der Waals surface area (Å²) in [5.74, 6) is -1.37. The number of carbonyl (C=O) groups excluding carboxylic acids is 4. The van der Waals surface area contributed by atoms with Crippen molar-refractivity contribution in [3.63, 3.8) is 0 Å². The van der Waals surface area contributed by atoms with Gasteiger partial charge in [0.25, 0.3) is 11.8 Å². The smallest absolute Gasteiger partial charge is 0.253 e. The Bertz CT molecular complexity index is 1300. The van der Waals surface area contributed by atoms with Gasteiger partial charge >= 0.3 is 0 Å². The zero-order valence-corrected chi connectivity index (χ0v) is 25.9. The second kappa shape index (κ2) is 17.3. The van der Waals surface area contributed by atoms with Crippen molar-refractivity contribution in [2.75, 3.05) is 44.3 Å². The molecule has 4 amide bonds. The number of likely N-dealkylation sites (N-methyl/N-ethyl adjacent to an activating group) is 1. The van der Waals surface area contributed by atoms with Gasteiger partial charge in [-0.25, -0.2) is 0 Å². The molecule has 0 bridgehead atoms. The second-order valence-electron chi connectivity index (χ2n) is 10.5. The van der Waals surface area contributed by atoms with Gasteiger partial charge in [0.05, 0.1) is 11.0 Å². The van der Waals surface area contributed by atoms with Crippen LogP contribution in [-0.2, 0) is 32.1 Å². The van der Waals surface area contributed by atoms with Crippen LogP contribution in [0.4, 0.5) is 5.69 Å². The van der Waals surface area contributed by atoms with E-state index in [-0.39, 0.29) is 50.8 Å². The van der Waals surface area contributed by atoms with Crippen LogP contribution in [0.2, 0.25) is 0 Å². The van der Waals surface area contributed by atoms with Crippen molar-refractivity contribution >= 4 is 41.1 Å². The molecule has 1 aromatic carbocycles. The molecule has 2 aromatic rings. The van der Waals surface area contributed by atoms with E-state index in [1.54, 1.807) is 0 Å². The van der Waals surface area contributed by atoms with Gasteiger partial charge in [-0.1, -0.05) is 12.1 Å². The molecule has 1 aliphatic rings. The maximum atomic E-state index is 12.3. The third kappa shape index (κ3) is 10.9. The molecule has 1 aliphatic heterocycles. The van der Waals surface area contributed by atoms with Crippen LogP contribution in [0, 0.1) is 0 Å². The summed E-state index contributed by atoms with van der Waals surface area (Å²) in [6.07, 6.45) is 2.85. The number of nitrogens with zero attached hydrogens (tertiary/aromatic N) is 2. The Kier molecular flexibility index (Phi) is 13.6. The van der Waals surface area contributed by atoms with Crippen molar-refractivity contribution in [1.82, 2.24) is 25.4 Å². The predicted octanol–water partition coefficient (Wildman–Crippen LogP) is 0.943. The lowest BCUT2D eigenvalue weighted by Gasteiger charge is -2.15. The lowest BCUT2D eigenvalue weighted by atomic mass is 10.1. The van der Waals surface area contributed by atoms with Crippen molar-refractivity contribution in [2.24, 2.45) is 0 Å². The normalized spacial score (nSPS) is 14.1. The van der Waals surface area contributed by atoms with Crippen molar-refractivity contribution in [3.8, 4) is 11.8 Å². The molecule has 2 atom stereocenters. The molecule has 0 aliphatic carbocycles. The number of hydrogen-bond donors (Lipinski definition) is 7. The second-order valence-corrected chi connectivity index (χ2v) is 11.6. The van der Waals surface area contributed by atoms with Crippen LogP contribution in [0.1, 0.15) is 31.7 Å². The molecular formula is C30H42N6O7S. The van der Waals surface area contributed by atoms with Gasteiger partial charge in [-0.2, -0.15) is 0 Å². The van der Waals surface area contributed by atoms with E-state index in [0.29, 0.717) is 16.7 Å². The lowest BCUT2D eigenvalue weighted by Crippen LogP contribution is -2.41. The van der Waals surface area contributed by atoms with Crippen molar-refractivity contribution in [3.05, 3.63) is 48.0 Å². The number of aliphatic hydroxyl groups is 1. The first-order valence-electron chi connectivity index (χ1n) is 14.6. The first kappa shape index (κ1) is 34.5. The standard InChI is InChI=1S/C30H42N6O7S/c1-20(31-2)16-21-4-6-22(7-5-21)32-12-3-15-44-24-17-29(42)36(30(24)43)14-11-26(39)34-19-23(37)18-33-25(38)10-13-35-27(40)8-9-28(35)41/h4-9,17,20,23,31-32,37,42-43H,3,10-16,18-19H2,1-2H3,(H,33,38)(H,34,39). The van der Waals surface area contributed by atoms with Gasteiger partial charge in [0.2, 0.25) is 17.7 Å². The van der Waals surface area contributed by atoms with Gasteiger partial charge in [0.1, 0.15) is 0 Å². The third-order valence-electron chi connectivity index (χ3n) is 7.00. The molecule has 2 heterocycles. The highest BCUT2D eigenvalue weighted by Gasteiger charge is 2.23. The topological polar surface area (TPSA) is 185 Å². The van der Waals surface area contributed by atoms with Gasteiger partial charge in [-0.05, 0) is 50.3 Å². The minimum atomic E-state index is -1.06. The monoisotopic (exact) mass is 630 g/mol. The minimum absolute atomic E-state index is 0.0321. The number of benzene rings is 1. The molecule has 0 radical (unpaired) electrons. The molecule has 0 fully saturated rings. The van der Waals surface area contributed by atoms with E-state index in [0.717, 1.165) is 42.1 Å². The number of hydrogen-bond acceptors (Lipinski definition) is 10. The van der Waals surface area contributed by atoms with Crippen LogP contribution in [-0.4, -0.2) is 99.5 Å². The minimum Gasteiger partial charge on any atom is -0.494 e. The van der Waals surface area contributed by atoms with Crippen molar-refractivity contribution < 1.29 is 34.5 Å². The summed E-state index contributed by atoms with van der Waals surface area (Å²) in [5.41, 5.74) is 2.31. The summed E-state index contributed by atoms with van der Waals surface area (Å²) in [5, 5.41) is 42.5. The number of imide groups is 1. The van der Waals surface area contributed by atoms with Crippen molar-refractivity contribution in [2.45, 2.75) is 56.2 Å². The Labute approximate surface area is 261 Å². The number of aliphatic hydroxyl groups excluding tert-OH is 1. The molecule has 0 spiro atoms. The van der Waals surface area contributed by atoms with Crippen LogP contribution in [0.5, 0.6) is 11.8 Å². The van der Waals surface area contributed by atoms with E-state index < -0.39 is 29.7 Å². The predicted molar refractivity (Wildman–Crippen MR) is 167 cm³/mol. The van der Waals surface area contributed by atoms with E-state index in [2.05, 4.69) is 52.5 Å².